The summed E-state index contributed by atoms with van der Waals surface area (Å²) in [4.78, 5) is 4.18. The van der Waals surface area contributed by atoms with Crippen molar-refractivity contribution >= 4 is 17.6 Å². The maximum atomic E-state index is 5.81. The number of hydrogen-bond donors (Lipinski definition) is 1. The van der Waals surface area contributed by atoms with Gasteiger partial charge in [-0.1, -0.05) is 11.6 Å². The number of ether oxygens (including phenoxy) is 2. The van der Waals surface area contributed by atoms with E-state index in [0.717, 1.165) is 18.6 Å². The van der Waals surface area contributed by atoms with Crippen LogP contribution in [0.4, 0.5) is 0 Å². The van der Waals surface area contributed by atoms with Gasteiger partial charge in [-0.3, -0.25) is 0 Å². The summed E-state index contributed by atoms with van der Waals surface area (Å²) in [5.74, 6) is 0.831. The average Bonchev–Trinajstić information content (AvgIpc) is 2.76. The number of hydrogen-bond acceptors (Lipinski definition) is 4. The molecule has 0 unspecified atom stereocenters. The molecule has 1 heterocycles. The van der Waals surface area contributed by atoms with Crippen molar-refractivity contribution in [3.8, 4) is 5.75 Å². The van der Waals surface area contributed by atoms with Gasteiger partial charge < -0.3 is 15.2 Å². The third-order valence-corrected chi connectivity index (χ3v) is 3.04. The molecule has 0 spiro atoms. The normalized spacial score (nSPS) is 20.1. The Labute approximate surface area is 112 Å². The van der Waals surface area contributed by atoms with Crippen molar-refractivity contribution in [2.45, 2.75) is 31.9 Å². The van der Waals surface area contributed by atoms with Crippen LogP contribution in [0.1, 0.15) is 19.8 Å². The van der Waals surface area contributed by atoms with Crippen LogP contribution < -0.4 is 10.5 Å². The van der Waals surface area contributed by atoms with E-state index < -0.39 is 0 Å². The van der Waals surface area contributed by atoms with Crippen molar-refractivity contribution in [2.75, 3.05) is 6.61 Å². The number of aliphatic imine (C=N–C) groups is 1. The van der Waals surface area contributed by atoms with Crippen molar-refractivity contribution in [3.63, 3.8) is 0 Å². The van der Waals surface area contributed by atoms with Gasteiger partial charge in [0.15, 0.2) is 0 Å². The van der Waals surface area contributed by atoms with Crippen LogP contribution in [0.15, 0.2) is 29.3 Å². The van der Waals surface area contributed by atoms with Gasteiger partial charge in [0, 0.05) is 5.02 Å². The molecular weight excluding hydrogens is 252 g/mol. The fourth-order valence-electron chi connectivity index (χ4n) is 1.82. The van der Waals surface area contributed by atoms with Gasteiger partial charge in [-0.25, -0.2) is 4.99 Å². The van der Waals surface area contributed by atoms with Crippen LogP contribution in [-0.4, -0.2) is 24.8 Å². The lowest BCUT2D eigenvalue weighted by Gasteiger charge is -2.15. The van der Waals surface area contributed by atoms with E-state index in [2.05, 4.69) is 4.99 Å². The van der Waals surface area contributed by atoms with Crippen molar-refractivity contribution in [1.29, 1.82) is 0 Å². The monoisotopic (exact) mass is 268 g/mol. The molecule has 4 nitrogen and oxygen atoms in total. The molecule has 5 heteroatoms. The molecule has 0 saturated carbocycles. The number of halogens is 1. The topological polar surface area (TPSA) is 56.8 Å². The fraction of sp³-hybridized carbons (Fsp3) is 0.462. The van der Waals surface area contributed by atoms with Crippen LogP contribution in [0.25, 0.3) is 0 Å². The second kappa shape index (κ2) is 5.96. The number of nitrogens with two attached hydrogens (primary N) is 1. The van der Waals surface area contributed by atoms with E-state index in [1.54, 1.807) is 0 Å². The second-order valence-electron chi connectivity index (χ2n) is 4.39. The molecule has 0 radical (unpaired) electrons. The Morgan fingerprint density at radius 1 is 1.50 bits per heavy atom. The Morgan fingerprint density at radius 2 is 2.22 bits per heavy atom. The number of rotatable bonds is 5. The lowest BCUT2D eigenvalue weighted by molar-refractivity contribution is 0.200. The third kappa shape index (κ3) is 3.81. The van der Waals surface area contributed by atoms with E-state index in [1.165, 1.54) is 0 Å². The van der Waals surface area contributed by atoms with Gasteiger partial charge in [0.1, 0.15) is 12.4 Å². The lowest BCUT2D eigenvalue weighted by atomic mass is 10.1. The Morgan fingerprint density at radius 3 is 2.83 bits per heavy atom. The minimum absolute atomic E-state index is 0.128. The number of nitrogens with zero attached hydrogens (tertiary/aromatic N) is 1. The van der Waals surface area contributed by atoms with Crippen molar-refractivity contribution in [2.24, 2.45) is 10.7 Å². The highest BCUT2D eigenvalue weighted by atomic mass is 35.5. The summed E-state index contributed by atoms with van der Waals surface area (Å²) in [6.45, 7) is 2.62. The van der Waals surface area contributed by atoms with Crippen molar-refractivity contribution in [1.82, 2.24) is 0 Å². The summed E-state index contributed by atoms with van der Waals surface area (Å²) >= 11 is 5.81. The predicted molar refractivity (Wildman–Crippen MR) is 72.1 cm³/mol. The zero-order chi connectivity index (χ0) is 13.0. The molecule has 1 aliphatic rings. The Bertz CT molecular complexity index is 420. The highest BCUT2D eigenvalue weighted by molar-refractivity contribution is 6.30. The smallest absolute Gasteiger partial charge is 0.282 e. The minimum atomic E-state index is 0.128. The third-order valence-electron chi connectivity index (χ3n) is 2.79. The Hall–Kier alpha value is -1.42. The van der Waals surface area contributed by atoms with Gasteiger partial charge in [0.2, 0.25) is 0 Å². The van der Waals surface area contributed by atoms with Gasteiger partial charge in [-0.2, -0.15) is 0 Å². The molecule has 0 amide bonds. The van der Waals surface area contributed by atoms with Gasteiger partial charge in [0.05, 0.1) is 12.1 Å². The first-order chi connectivity index (χ1) is 8.63. The summed E-state index contributed by atoms with van der Waals surface area (Å²) in [6, 6.07) is 7.84. The van der Waals surface area contributed by atoms with E-state index in [1.807, 2.05) is 31.2 Å². The zero-order valence-electron chi connectivity index (χ0n) is 10.3. The lowest BCUT2D eigenvalue weighted by Crippen LogP contribution is -2.16. The first kappa shape index (κ1) is 13.0. The van der Waals surface area contributed by atoms with Crippen LogP contribution in [0.2, 0.25) is 5.02 Å². The van der Waals surface area contributed by atoms with Gasteiger partial charge >= 0.3 is 0 Å². The summed E-state index contributed by atoms with van der Waals surface area (Å²) in [5, 5.41) is 0.711. The van der Waals surface area contributed by atoms with Crippen molar-refractivity contribution in [3.05, 3.63) is 29.3 Å². The fourth-order valence-corrected chi connectivity index (χ4v) is 1.94. The number of benzene rings is 1. The SMILES string of the molecule is C[C@H](CC[C@H]1COC(N)=N1)Oc1ccc(Cl)cc1. The summed E-state index contributed by atoms with van der Waals surface area (Å²) < 4.78 is 10.9. The quantitative estimate of drug-likeness (QED) is 0.893. The number of amidine groups is 1. The standard InChI is InChI=1S/C13H17ClN2O2/c1-9(2-5-11-8-17-13(15)16-11)18-12-6-3-10(14)4-7-12/h3-4,6-7,9,11H,2,5,8H2,1H3,(H2,15,16)/t9-,11+/m1/s1. The maximum Gasteiger partial charge on any atom is 0.282 e. The van der Waals surface area contributed by atoms with E-state index in [4.69, 9.17) is 26.8 Å². The Balaban J connectivity index is 1.75. The van der Waals surface area contributed by atoms with E-state index in [0.29, 0.717) is 17.7 Å². The summed E-state index contributed by atoms with van der Waals surface area (Å²) in [6.07, 6.45) is 1.95. The first-order valence-electron chi connectivity index (χ1n) is 6.02. The van der Waals surface area contributed by atoms with E-state index >= 15 is 0 Å². The molecule has 1 aromatic rings. The van der Waals surface area contributed by atoms with Gasteiger partial charge in [-0.05, 0) is 44.0 Å². The average molecular weight is 269 g/mol. The van der Waals surface area contributed by atoms with Crippen LogP contribution in [0.3, 0.4) is 0 Å². The highest BCUT2D eigenvalue weighted by Crippen LogP contribution is 2.19. The molecule has 2 rings (SSSR count). The molecule has 0 aromatic heterocycles. The molecule has 0 aliphatic carbocycles. The largest absolute Gasteiger partial charge is 0.491 e. The van der Waals surface area contributed by atoms with E-state index in [-0.39, 0.29) is 12.1 Å². The summed E-state index contributed by atoms with van der Waals surface area (Å²) in [5.41, 5.74) is 5.45. The molecule has 0 bridgehead atoms. The molecule has 2 atom stereocenters. The molecule has 0 fully saturated rings. The molecule has 1 aliphatic heterocycles. The van der Waals surface area contributed by atoms with E-state index in [9.17, 15) is 0 Å². The predicted octanol–water partition coefficient (Wildman–Crippen LogP) is 2.60. The maximum absolute atomic E-state index is 5.81. The molecular formula is C13H17ClN2O2. The van der Waals surface area contributed by atoms with Crippen molar-refractivity contribution < 1.29 is 9.47 Å². The van der Waals surface area contributed by atoms with Crippen LogP contribution in [-0.2, 0) is 4.74 Å². The van der Waals surface area contributed by atoms with Crippen LogP contribution in [0.5, 0.6) is 5.75 Å². The second-order valence-corrected chi connectivity index (χ2v) is 4.83. The molecule has 98 valence electrons. The molecule has 18 heavy (non-hydrogen) atoms. The van der Waals surface area contributed by atoms with Crippen LogP contribution in [0, 0.1) is 0 Å². The Kier molecular flexibility index (Phi) is 4.31. The molecule has 2 N–H and O–H groups in total. The van der Waals surface area contributed by atoms with Gasteiger partial charge in [-0.15, -0.1) is 0 Å². The molecule has 0 saturated heterocycles. The summed E-state index contributed by atoms with van der Waals surface area (Å²) in [7, 11) is 0. The highest BCUT2D eigenvalue weighted by Gasteiger charge is 2.17. The van der Waals surface area contributed by atoms with Crippen LogP contribution >= 0.6 is 11.6 Å². The minimum Gasteiger partial charge on any atom is -0.491 e. The van der Waals surface area contributed by atoms with Gasteiger partial charge in [0.25, 0.3) is 6.02 Å². The molecule has 1 aromatic carbocycles. The zero-order valence-corrected chi connectivity index (χ0v) is 11.1. The first-order valence-corrected chi connectivity index (χ1v) is 6.39.